The van der Waals surface area contributed by atoms with Crippen LogP contribution in [0.15, 0.2) is 24.4 Å². The molecule has 0 fully saturated rings. The average molecular weight is 139 g/mol. The zero-order valence-corrected chi connectivity index (χ0v) is 7.09. The summed E-state index contributed by atoms with van der Waals surface area (Å²) in [6, 6.07) is 0. The van der Waals surface area contributed by atoms with Crippen molar-refractivity contribution in [3.63, 3.8) is 0 Å². The van der Waals surface area contributed by atoms with Crippen molar-refractivity contribution in [3.05, 3.63) is 24.4 Å². The van der Waals surface area contributed by atoms with Crippen molar-refractivity contribution in [2.24, 2.45) is 11.1 Å². The van der Waals surface area contributed by atoms with Crippen LogP contribution in [0.2, 0.25) is 0 Å². The molecule has 0 heterocycles. The fraction of sp³-hybridized carbons (Fsp3) is 0.556. The van der Waals surface area contributed by atoms with E-state index in [-0.39, 0.29) is 5.41 Å². The Morgan fingerprint density at radius 3 is 2.30 bits per heavy atom. The Morgan fingerprint density at radius 1 is 1.30 bits per heavy atom. The second-order valence-electron chi connectivity index (χ2n) is 2.99. The van der Waals surface area contributed by atoms with Crippen molar-refractivity contribution in [1.82, 2.24) is 0 Å². The van der Waals surface area contributed by atoms with Crippen molar-refractivity contribution in [2.45, 2.75) is 27.2 Å². The Kier molecular flexibility index (Phi) is 3.85. The van der Waals surface area contributed by atoms with Gasteiger partial charge >= 0.3 is 0 Å². The number of hydrogen-bond donors (Lipinski definition) is 1. The number of hydrogen-bond acceptors (Lipinski definition) is 1. The molecule has 0 aliphatic rings. The molecule has 2 N–H and O–H groups in total. The van der Waals surface area contributed by atoms with Crippen molar-refractivity contribution in [2.75, 3.05) is 0 Å². The van der Waals surface area contributed by atoms with Crippen LogP contribution >= 0.6 is 0 Å². The van der Waals surface area contributed by atoms with Crippen LogP contribution in [-0.2, 0) is 0 Å². The fourth-order valence-electron chi connectivity index (χ4n) is 0.725. The SMILES string of the molecule is CC/C=C\C(C)(C)/C=C\N. The second-order valence-corrected chi connectivity index (χ2v) is 2.99. The van der Waals surface area contributed by atoms with E-state index in [2.05, 4.69) is 32.9 Å². The molecule has 0 unspecified atom stereocenters. The lowest BCUT2D eigenvalue weighted by atomic mass is 9.93. The van der Waals surface area contributed by atoms with Gasteiger partial charge in [-0.15, -0.1) is 0 Å². The Labute approximate surface area is 63.6 Å². The first-order valence-corrected chi connectivity index (χ1v) is 3.69. The standard InChI is InChI=1S/C9H17N/c1-4-5-6-9(2,3)7-8-10/h5-8H,4,10H2,1-3H3/b6-5-,8-7-. The fourth-order valence-corrected chi connectivity index (χ4v) is 0.725. The number of nitrogens with two attached hydrogens (primary N) is 1. The molecular formula is C9H17N. The maximum atomic E-state index is 5.27. The van der Waals surface area contributed by atoms with Gasteiger partial charge in [0.2, 0.25) is 0 Å². The summed E-state index contributed by atoms with van der Waals surface area (Å²) in [5, 5.41) is 0. The Balaban J connectivity index is 3.98. The summed E-state index contributed by atoms with van der Waals surface area (Å²) in [7, 11) is 0. The topological polar surface area (TPSA) is 26.0 Å². The summed E-state index contributed by atoms with van der Waals surface area (Å²) in [5.41, 5.74) is 5.39. The highest BCUT2D eigenvalue weighted by Crippen LogP contribution is 2.18. The van der Waals surface area contributed by atoms with Gasteiger partial charge in [0.1, 0.15) is 0 Å². The van der Waals surface area contributed by atoms with Crippen molar-refractivity contribution >= 4 is 0 Å². The summed E-state index contributed by atoms with van der Waals surface area (Å²) in [6.45, 7) is 6.38. The normalized spacial score (nSPS) is 13.5. The van der Waals surface area contributed by atoms with Crippen LogP contribution in [0.4, 0.5) is 0 Å². The van der Waals surface area contributed by atoms with E-state index in [0.29, 0.717) is 0 Å². The molecule has 0 aliphatic carbocycles. The summed E-state index contributed by atoms with van der Waals surface area (Å²) in [4.78, 5) is 0. The smallest absolute Gasteiger partial charge is 0.00215 e. The first-order chi connectivity index (χ1) is 4.62. The molecule has 0 amide bonds. The molecule has 0 rings (SSSR count). The van der Waals surface area contributed by atoms with Crippen LogP contribution in [0.1, 0.15) is 27.2 Å². The van der Waals surface area contributed by atoms with Gasteiger partial charge in [-0.3, -0.25) is 0 Å². The van der Waals surface area contributed by atoms with Gasteiger partial charge in [0.25, 0.3) is 0 Å². The predicted molar refractivity (Wildman–Crippen MR) is 46.5 cm³/mol. The third-order valence-corrected chi connectivity index (χ3v) is 1.31. The zero-order chi connectivity index (χ0) is 8.04. The van der Waals surface area contributed by atoms with Crippen molar-refractivity contribution in [1.29, 1.82) is 0 Å². The highest BCUT2D eigenvalue weighted by molar-refractivity contribution is 5.05. The lowest BCUT2D eigenvalue weighted by Gasteiger charge is -2.13. The molecule has 0 spiro atoms. The minimum absolute atomic E-state index is 0.116. The van der Waals surface area contributed by atoms with E-state index < -0.39 is 0 Å². The molecule has 0 atom stereocenters. The van der Waals surface area contributed by atoms with E-state index in [1.807, 2.05) is 6.08 Å². The molecule has 10 heavy (non-hydrogen) atoms. The van der Waals surface area contributed by atoms with Gasteiger partial charge in [-0.1, -0.05) is 39.0 Å². The van der Waals surface area contributed by atoms with E-state index in [9.17, 15) is 0 Å². The molecule has 1 nitrogen and oxygen atoms in total. The van der Waals surface area contributed by atoms with Gasteiger partial charge in [0.05, 0.1) is 0 Å². The lowest BCUT2D eigenvalue weighted by Crippen LogP contribution is -2.02. The zero-order valence-electron chi connectivity index (χ0n) is 7.09. The van der Waals surface area contributed by atoms with Crippen molar-refractivity contribution < 1.29 is 0 Å². The van der Waals surface area contributed by atoms with E-state index in [1.165, 1.54) is 0 Å². The van der Waals surface area contributed by atoms with Gasteiger partial charge < -0.3 is 5.73 Å². The van der Waals surface area contributed by atoms with E-state index in [4.69, 9.17) is 5.73 Å². The van der Waals surface area contributed by atoms with Gasteiger partial charge in [-0.25, -0.2) is 0 Å². The summed E-state index contributed by atoms with van der Waals surface area (Å²) < 4.78 is 0. The molecule has 0 aromatic carbocycles. The van der Waals surface area contributed by atoms with E-state index in [1.54, 1.807) is 6.20 Å². The molecular weight excluding hydrogens is 122 g/mol. The van der Waals surface area contributed by atoms with Gasteiger partial charge in [-0.05, 0) is 12.6 Å². The first-order valence-electron chi connectivity index (χ1n) is 3.69. The van der Waals surface area contributed by atoms with Crippen LogP contribution in [0.3, 0.4) is 0 Å². The quantitative estimate of drug-likeness (QED) is 0.597. The maximum absolute atomic E-state index is 5.27. The molecule has 0 aliphatic heterocycles. The van der Waals surface area contributed by atoms with Crippen LogP contribution < -0.4 is 5.73 Å². The molecule has 0 bridgehead atoms. The predicted octanol–water partition coefficient (Wildman–Crippen LogP) is 2.45. The first kappa shape index (κ1) is 9.28. The van der Waals surface area contributed by atoms with Crippen LogP contribution in [0.5, 0.6) is 0 Å². The Hall–Kier alpha value is -0.720. The maximum Gasteiger partial charge on any atom is 0.00215 e. The highest BCUT2D eigenvalue weighted by Gasteiger charge is 2.06. The number of allylic oxidation sites excluding steroid dienone is 3. The van der Waals surface area contributed by atoms with Gasteiger partial charge in [-0.2, -0.15) is 0 Å². The summed E-state index contributed by atoms with van der Waals surface area (Å²) in [6.07, 6.45) is 8.98. The largest absolute Gasteiger partial charge is 0.405 e. The Bertz CT molecular complexity index is 132. The van der Waals surface area contributed by atoms with Gasteiger partial charge in [0.15, 0.2) is 0 Å². The number of rotatable bonds is 3. The lowest BCUT2D eigenvalue weighted by molar-refractivity contribution is 0.622. The minimum atomic E-state index is 0.116. The molecule has 58 valence electrons. The minimum Gasteiger partial charge on any atom is -0.405 e. The van der Waals surface area contributed by atoms with Crippen LogP contribution in [0.25, 0.3) is 0 Å². The second kappa shape index (κ2) is 4.15. The Morgan fingerprint density at radius 2 is 1.90 bits per heavy atom. The van der Waals surface area contributed by atoms with E-state index in [0.717, 1.165) is 6.42 Å². The molecule has 0 saturated carbocycles. The van der Waals surface area contributed by atoms with Crippen LogP contribution in [0, 0.1) is 5.41 Å². The summed E-state index contributed by atoms with van der Waals surface area (Å²) in [5.74, 6) is 0. The third kappa shape index (κ3) is 4.19. The molecule has 1 heteroatoms. The molecule has 0 aromatic heterocycles. The molecule has 0 saturated heterocycles. The average Bonchev–Trinajstić information content (AvgIpc) is 1.84. The summed E-state index contributed by atoms with van der Waals surface area (Å²) >= 11 is 0. The van der Waals surface area contributed by atoms with Crippen LogP contribution in [-0.4, -0.2) is 0 Å². The van der Waals surface area contributed by atoms with Crippen molar-refractivity contribution in [3.8, 4) is 0 Å². The molecule has 0 radical (unpaired) electrons. The third-order valence-electron chi connectivity index (χ3n) is 1.31. The molecule has 0 aromatic rings. The van der Waals surface area contributed by atoms with Gasteiger partial charge in [0, 0.05) is 5.41 Å². The van der Waals surface area contributed by atoms with E-state index >= 15 is 0 Å². The highest BCUT2D eigenvalue weighted by atomic mass is 14.5. The monoisotopic (exact) mass is 139 g/mol.